The highest BCUT2D eigenvalue weighted by Crippen LogP contribution is 2.35. The number of hydrogen-bond donors (Lipinski definition) is 3. The normalized spacial score (nSPS) is 14.4. The van der Waals surface area contributed by atoms with Crippen molar-refractivity contribution in [3.63, 3.8) is 0 Å². The van der Waals surface area contributed by atoms with E-state index >= 15 is 0 Å². The number of hydrogen-bond acceptors (Lipinski definition) is 8. The molecule has 1 aliphatic heterocycles. The molecular weight excluding hydrogens is 554 g/mol. The van der Waals surface area contributed by atoms with Gasteiger partial charge in [-0.3, -0.25) is 0 Å². The Hall–Kier alpha value is -4.11. The average Bonchev–Trinajstić information content (AvgIpc) is 3.01. The minimum Gasteiger partial charge on any atom is -0.384 e. The number of rotatable bonds is 12. The molecule has 0 aliphatic carbocycles. The Labute approximate surface area is 247 Å². The Morgan fingerprint density at radius 3 is 2.45 bits per heavy atom. The fourth-order valence-electron chi connectivity index (χ4n) is 5.07. The van der Waals surface area contributed by atoms with Gasteiger partial charge < -0.3 is 25.0 Å². The summed E-state index contributed by atoms with van der Waals surface area (Å²) in [7, 11) is -2.41. The topological polar surface area (TPSA) is 133 Å². The van der Waals surface area contributed by atoms with Crippen molar-refractivity contribution < 1.29 is 22.7 Å². The van der Waals surface area contributed by atoms with Gasteiger partial charge in [0.1, 0.15) is 0 Å². The van der Waals surface area contributed by atoms with Crippen molar-refractivity contribution in [2.75, 3.05) is 50.2 Å². The minimum absolute atomic E-state index is 0.00713. The van der Waals surface area contributed by atoms with E-state index in [2.05, 4.69) is 39.3 Å². The summed E-state index contributed by atoms with van der Waals surface area (Å²) in [5, 5.41) is 15.4. The third kappa shape index (κ3) is 8.00. The Morgan fingerprint density at radius 1 is 1.10 bits per heavy atom. The first kappa shape index (κ1) is 30.8. The van der Waals surface area contributed by atoms with Crippen LogP contribution >= 0.6 is 0 Å². The number of methoxy groups -OCH3 is 1. The van der Waals surface area contributed by atoms with E-state index in [0.29, 0.717) is 18.2 Å². The summed E-state index contributed by atoms with van der Waals surface area (Å²) in [5.74, 6) is -0.256. The molecule has 0 saturated carbocycles. The Morgan fingerprint density at radius 2 is 1.81 bits per heavy atom. The van der Waals surface area contributed by atoms with Gasteiger partial charge in [-0.15, -0.1) is 0 Å². The number of carbonyl (C=O) groups excluding carboxylic acids is 1. The first-order chi connectivity index (χ1) is 20.3. The Kier molecular flexibility index (Phi) is 10.8. The highest BCUT2D eigenvalue weighted by atomic mass is 32.2. The van der Waals surface area contributed by atoms with E-state index in [1.807, 2.05) is 24.3 Å². The van der Waals surface area contributed by atoms with Gasteiger partial charge in [-0.1, -0.05) is 24.3 Å². The monoisotopic (exact) mass is 591 g/mol. The third-order valence-electron chi connectivity index (χ3n) is 7.22. The first-order valence-electron chi connectivity index (χ1n) is 13.9. The molecule has 1 aliphatic rings. The standard InChI is InChI=1S/C31H37N5O5S/c1-3-36(27-15-17-41-18-16-27)30-14-11-24(19-29(30)34-26-12-9-23(20-32)10-13-26)25(22-40-2)21-33-31(37)35-42(38,39)28-7-5-4-6-8-28/h4-14,19,25,27,34H,3,15-18,21-22H2,1-2H3,(H2,33,35,37). The molecule has 3 aromatic carbocycles. The zero-order valence-electron chi connectivity index (χ0n) is 23.9. The summed E-state index contributed by atoms with van der Waals surface area (Å²) < 4.78 is 38.3. The van der Waals surface area contributed by atoms with Crippen LogP contribution in [0, 0.1) is 11.3 Å². The van der Waals surface area contributed by atoms with Crippen molar-refractivity contribution >= 4 is 33.1 Å². The number of ether oxygens (including phenoxy) is 2. The van der Waals surface area contributed by atoms with Crippen molar-refractivity contribution in [1.29, 1.82) is 5.26 Å². The fraction of sp³-hybridized carbons (Fsp3) is 0.355. The van der Waals surface area contributed by atoms with Crippen LogP contribution in [0.15, 0.2) is 77.7 Å². The molecule has 1 saturated heterocycles. The number of nitriles is 1. The number of nitrogens with one attached hydrogen (secondary N) is 3. The Bertz CT molecular complexity index is 1470. The fourth-order valence-corrected chi connectivity index (χ4v) is 6.02. The summed E-state index contributed by atoms with van der Waals surface area (Å²) in [6, 6.07) is 22.8. The molecule has 0 spiro atoms. The molecule has 3 N–H and O–H groups in total. The summed E-state index contributed by atoms with van der Waals surface area (Å²) in [6.45, 7) is 4.85. The smallest absolute Gasteiger partial charge is 0.328 e. The third-order valence-corrected chi connectivity index (χ3v) is 8.57. The second-order valence-electron chi connectivity index (χ2n) is 10.0. The predicted molar refractivity (Wildman–Crippen MR) is 163 cm³/mol. The van der Waals surface area contributed by atoms with Gasteiger partial charge in [-0.2, -0.15) is 5.26 Å². The van der Waals surface area contributed by atoms with Gasteiger partial charge in [0.15, 0.2) is 0 Å². The number of sulfonamides is 1. The van der Waals surface area contributed by atoms with Crippen LogP contribution in [0.4, 0.5) is 21.9 Å². The van der Waals surface area contributed by atoms with Crippen LogP contribution in [0.3, 0.4) is 0 Å². The van der Waals surface area contributed by atoms with E-state index in [0.717, 1.165) is 55.2 Å². The largest absolute Gasteiger partial charge is 0.384 e. The average molecular weight is 592 g/mol. The molecule has 11 heteroatoms. The summed E-state index contributed by atoms with van der Waals surface area (Å²) in [5.41, 5.74) is 4.23. The van der Waals surface area contributed by atoms with E-state index in [4.69, 9.17) is 9.47 Å². The van der Waals surface area contributed by atoms with Crippen molar-refractivity contribution in [2.24, 2.45) is 0 Å². The zero-order chi connectivity index (χ0) is 30.0. The Balaban J connectivity index is 1.58. The van der Waals surface area contributed by atoms with E-state index in [1.54, 1.807) is 37.4 Å². The molecule has 1 fully saturated rings. The quantitative estimate of drug-likeness (QED) is 0.276. The molecule has 1 unspecified atom stereocenters. The van der Waals surface area contributed by atoms with Crippen molar-refractivity contribution in [3.05, 3.63) is 83.9 Å². The molecule has 42 heavy (non-hydrogen) atoms. The maximum absolute atomic E-state index is 12.6. The van der Waals surface area contributed by atoms with Gasteiger partial charge in [0, 0.05) is 51.1 Å². The molecule has 10 nitrogen and oxygen atoms in total. The number of amides is 2. The summed E-state index contributed by atoms with van der Waals surface area (Å²) in [6.07, 6.45) is 1.87. The van der Waals surface area contributed by atoms with E-state index in [1.165, 1.54) is 12.1 Å². The SMILES string of the molecule is CCN(c1ccc(C(CNC(=O)NS(=O)(=O)c2ccccc2)COC)cc1Nc1ccc(C#N)cc1)C1CCOCC1. The highest BCUT2D eigenvalue weighted by Gasteiger charge is 2.24. The molecule has 0 bridgehead atoms. The second-order valence-corrected chi connectivity index (χ2v) is 11.7. The summed E-state index contributed by atoms with van der Waals surface area (Å²) in [4.78, 5) is 15.0. The van der Waals surface area contributed by atoms with Crippen LogP contribution in [-0.2, 0) is 19.5 Å². The second kappa shape index (κ2) is 14.7. The van der Waals surface area contributed by atoms with Crippen LogP contribution in [0.5, 0.6) is 0 Å². The molecular formula is C31H37N5O5S. The molecule has 2 amide bonds. The lowest BCUT2D eigenvalue weighted by molar-refractivity contribution is 0.0846. The number of urea groups is 1. The molecule has 1 atom stereocenters. The molecule has 0 radical (unpaired) electrons. The molecule has 3 aromatic rings. The van der Waals surface area contributed by atoms with Crippen molar-refractivity contribution in [3.8, 4) is 6.07 Å². The maximum Gasteiger partial charge on any atom is 0.328 e. The van der Waals surface area contributed by atoms with Gasteiger partial charge in [0.05, 0.1) is 34.5 Å². The van der Waals surface area contributed by atoms with Crippen molar-refractivity contribution in [1.82, 2.24) is 10.0 Å². The number of nitrogens with zero attached hydrogens (tertiary/aromatic N) is 2. The van der Waals surface area contributed by atoms with Gasteiger partial charge >= 0.3 is 6.03 Å². The number of carbonyl (C=O) groups is 1. The molecule has 4 rings (SSSR count). The lowest BCUT2D eigenvalue weighted by atomic mass is 9.97. The van der Waals surface area contributed by atoms with Gasteiger partial charge in [0.25, 0.3) is 10.0 Å². The van der Waals surface area contributed by atoms with Gasteiger partial charge in [0.2, 0.25) is 0 Å². The summed E-state index contributed by atoms with van der Waals surface area (Å²) >= 11 is 0. The van der Waals surface area contributed by atoms with Crippen LogP contribution in [0.1, 0.15) is 36.8 Å². The van der Waals surface area contributed by atoms with Crippen LogP contribution in [0.25, 0.3) is 0 Å². The lowest BCUT2D eigenvalue weighted by Crippen LogP contribution is -2.41. The number of benzene rings is 3. The first-order valence-corrected chi connectivity index (χ1v) is 15.4. The van der Waals surface area contributed by atoms with Crippen LogP contribution < -0.4 is 20.3 Å². The minimum atomic E-state index is -4.00. The number of anilines is 3. The maximum atomic E-state index is 12.6. The van der Waals surface area contributed by atoms with E-state index in [9.17, 15) is 18.5 Å². The lowest BCUT2D eigenvalue weighted by Gasteiger charge is -2.37. The molecule has 222 valence electrons. The van der Waals surface area contributed by atoms with Gasteiger partial charge in [-0.05, 0) is 73.9 Å². The van der Waals surface area contributed by atoms with Crippen LogP contribution in [-0.4, -0.2) is 60.5 Å². The predicted octanol–water partition coefficient (Wildman–Crippen LogP) is 4.73. The van der Waals surface area contributed by atoms with E-state index < -0.39 is 16.1 Å². The van der Waals surface area contributed by atoms with Gasteiger partial charge in [-0.25, -0.2) is 17.9 Å². The van der Waals surface area contributed by atoms with Crippen molar-refractivity contribution in [2.45, 2.75) is 36.6 Å². The van der Waals surface area contributed by atoms with E-state index in [-0.39, 0.29) is 17.4 Å². The molecule has 1 heterocycles. The molecule has 0 aromatic heterocycles. The highest BCUT2D eigenvalue weighted by molar-refractivity contribution is 7.90. The van der Waals surface area contributed by atoms with Crippen LogP contribution in [0.2, 0.25) is 0 Å². The zero-order valence-corrected chi connectivity index (χ0v) is 24.7.